The molecule has 0 radical (unpaired) electrons. The summed E-state index contributed by atoms with van der Waals surface area (Å²) in [4.78, 5) is 0. The maximum absolute atomic E-state index is 8.89. The second-order valence-electron chi connectivity index (χ2n) is 4.03. The van der Waals surface area contributed by atoms with E-state index in [1.54, 1.807) is 19.2 Å². The monoisotopic (exact) mass is 283 g/mol. The standard InChI is InChI=1S/C13H14ClNO2S/c1-16-12-7-9(8-15)6-11(14)13(12)17-10-2-4-18-5-3-10/h6-7,10H,2-5H2,1H3. The van der Waals surface area contributed by atoms with Gasteiger partial charge < -0.3 is 9.47 Å². The van der Waals surface area contributed by atoms with Gasteiger partial charge in [0.05, 0.1) is 23.8 Å². The Kier molecular flexibility index (Phi) is 4.62. The summed E-state index contributed by atoms with van der Waals surface area (Å²) in [6.45, 7) is 0. The van der Waals surface area contributed by atoms with Crippen LogP contribution in [0.15, 0.2) is 12.1 Å². The number of nitriles is 1. The zero-order valence-corrected chi connectivity index (χ0v) is 11.7. The highest BCUT2D eigenvalue weighted by Gasteiger charge is 2.19. The van der Waals surface area contributed by atoms with Gasteiger partial charge in [0.2, 0.25) is 0 Å². The summed E-state index contributed by atoms with van der Waals surface area (Å²) in [6.07, 6.45) is 2.22. The predicted octanol–water partition coefficient (Wildman–Crippen LogP) is 3.49. The molecular weight excluding hydrogens is 270 g/mol. The van der Waals surface area contributed by atoms with Crippen molar-refractivity contribution in [3.05, 3.63) is 22.7 Å². The average Bonchev–Trinajstić information content (AvgIpc) is 2.42. The number of ether oxygens (including phenoxy) is 2. The van der Waals surface area contributed by atoms with E-state index >= 15 is 0 Å². The Bertz CT molecular complexity index is 467. The molecule has 1 aliphatic heterocycles. The van der Waals surface area contributed by atoms with E-state index in [1.807, 2.05) is 11.8 Å². The Morgan fingerprint density at radius 2 is 2.11 bits per heavy atom. The lowest BCUT2D eigenvalue weighted by Crippen LogP contribution is -2.22. The molecule has 2 rings (SSSR count). The molecule has 1 fully saturated rings. The van der Waals surface area contributed by atoms with Gasteiger partial charge in [0.25, 0.3) is 0 Å². The first-order valence-electron chi connectivity index (χ1n) is 5.76. The topological polar surface area (TPSA) is 42.2 Å². The van der Waals surface area contributed by atoms with Crippen LogP contribution in [0.25, 0.3) is 0 Å². The normalized spacial score (nSPS) is 16.1. The van der Waals surface area contributed by atoms with Crippen LogP contribution in [0.4, 0.5) is 0 Å². The van der Waals surface area contributed by atoms with E-state index in [0.717, 1.165) is 24.3 Å². The van der Waals surface area contributed by atoms with Crippen molar-refractivity contribution in [1.82, 2.24) is 0 Å². The summed E-state index contributed by atoms with van der Waals surface area (Å²) in [7, 11) is 1.55. The van der Waals surface area contributed by atoms with E-state index in [4.69, 9.17) is 26.3 Å². The highest BCUT2D eigenvalue weighted by Crippen LogP contribution is 2.38. The van der Waals surface area contributed by atoms with Crippen molar-refractivity contribution >= 4 is 23.4 Å². The van der Waals surface area contributed by atoms with Crippen LogP contribution < -0.4 is 9.47 Å². The van der Waals surface area contributed by atoms with Gasteiger partial charge in [0.1, 0.15) is 6.10 Å². The molecule has 0 aliphatic carbocycles. The number of methoxy groups -OCH3 is 1. The van der Waals surface area contributed by atoms with Crippen LogP contribution in [0.2, 0.25) is 5.02 Å². The van der Waals surface area contributed by atoms with E-state index in [-0.39, 0.29) is 6.10 Å². The van der Waals surface area contributed by atoms with Gasteiger partial charge in [-0.05, 0) is 30.4 Å². The van der Waals surface area contributed by atoms with E-state index in [1.165, 1.54) is 0 Å². The SMILES string of the molecule is COc1cc(C#N)cc(Cl)c1OC1CCSCC1. The minimum atomic E-state index is 0.186. The Morgan fingerprint density at radius 1 is 1.39 bits per heavy atom. The van der Waals surface area contributed by atoms with Crippen molar-refractivity contribution in [3.63, 3.8) is 0 Å². The molecule has 18 heavy (non-hydrogen) atoms. The van der Waals surface area contributed by atoms with Crippen molar-refractivity contribution in [2.24, 2.45) is 0 Å². The molecule has 1 saturated heterocycles. The molecule has 1 aromatic rings. The molecule has 1 aliphatic rings. The van der Waals surface area contributed by atoms with E-state index in [0.29, 0.717) is 22.1 Å². The molecule has 5 heteroatoms. The minimum absolute atomic E-state index is 0.186. The second-order valence-corrected chi connectivity index (χ2v) is 5.66. The number of thioether (sulfide) groups is 1. The number of hydrogen-bond donors (Lipinski definition) is 0. The average molecular weight is 284 g/mol. The summed E-state index contributed by atoms with van der Waals surface area (Å²) < 4.78 is 11.2. The quantitative estimate of drug-likeness (QED) is 0.851. The Hall–Kier alpha value is -1.05. The Balaban J connectivity index is 2.23. The van der Waals surface area contributed by atoms with Gasteiger partial charge >= 0.3 is 0 Å². The van der Waals surface area contributed by atoms with Crippen molar-refractivity contribution in [2.75, 3.05) is 18.6 Å². The first-order chi connectivity index (χ1) is 8.74. The molecule has 1 aromatic carbocycles. The first-order valence-corrected chi connectivity index (χ1v) is 7.30. The van der Waals surface area contributed by atoms with Crippen molar-refractivity contribution in [3.8, 4) is 17.6 Å². The van der Waals surface area contributed by atoms with E-state index in [9.17, 15) is 0 Å². The number of benzene rings is 1. The highest BCUT2D eigenvalue weighted by atomic mass is 35.5. The predicted molar refractivity (Wildman–Crippen MR) is 73.7 cm³/mol. The van der Waals surface area contributed by atoms with Crippen LogP contribution in [0, 0.1) is 11.3 Å². The van der Waals surface area contributed by atoms with Crippen LogP contribution in [0.5, 0.6) is 11.5 Å². The van der Waals surface area contributed by atoms with Crippen LogP contribution in [-0.4, -0.2) is 24.7 Å². The zero-order valence-electron chi connectivity index (χ0n) is 10.1. The molecule has 96 valence electrons. The molecule has 0 saturated carbocycles. The van der Waals surface area contributed by atoms with Gasteiger partial charge in [0.15, 0.2) is 11.5 Å². The Labute approximate surface area is 116 Å². The largest absolute Gasteiger partial charge is 0.493 e. The second kappa shape index (κ2) is 6.21. The summed E-state index contributed by atoms with van der Waals surface area (Å²) >= 11 is 8.09. The van der Waals surface area contributed by atoms with E-state index < -0.39 is 0 Å². The van der Waals surface area contributed by atoms with Crippen LogP contribution >= 0.6 is 23.4 Å². The summed E-state index contributed by atoms with van der Waals surface area (Å²) in [5.41, 5.74) is 0.475. The summed E-state index contributed by atoms with van der Waals surface area (Å²) in [5, 5.41) is 9.32. The minimum Gasteiger partial charge on any atom is -0.493 e. The highest BCUT2D eigenvalue weighted by molar-refractivity contribution is 7.99. The maximum atomic E-state index is 8.89. The molecule has 0 unspecified atom stereocenters. The van der Waals surface area contributed by atoms with Gasteiger partial charge in [-0.3, -0.25) is 0 Å². The van der Waals surface area contributed by atoms with E-state index in [2.05, 4.69) is 6.07 Å². The molecule has 0 amide bonds. The van der Waals surface area contributed by atoms with Gasteiger partial charge in [0, 0.05) is 6.07 Å². The summed E-state index contributed by atoms with van der Waals surface area (Å²) in [5.74, 6) is 3.30. The zero-order chi connectivity index (χ0) is 13.0. The number of hydrogen-bond acceptors (Lipinski definition) is 4. The maximum Gasteiger partial charge on any atom is 0.180 e. The molecule has 0 N–H and O–H groups in total. The molecule has 1 heterocycles. The Morgan fingerprint density at radius 3 is 2.72 bits per heavy atom. The molecule has 3 nitrogen and oxygen atoms in total. The molecule has 0 aromatic heterocycles. The lowest BCUT2D eigenvalue weighted by Gasteiger charge is -2.24. The fourth-order valence-electron chi connectivity index (χ4n) is 1.86. The molecule has 0 atom stereocenters. The number of rotatable bonds is 3. The van der Waals surface area contributed by atoms with Crippen molar-refractivity contribution in [1.29, 1.82) is 5.26 Å². The van der Waals surface area contributed by atoms with Crippen LogP contribution in [0.3, 0.4) is 0 Å². The van der Waals surface area contributed by atoms with Crippen LogP contribution in [-0.2, 0) is 0 Å². The molecular formula is C13H14ClNO2S. The molecule has 0 spiro atoms. The lowest BCUT2D eigenvalue weighted by molar-refractivity contribution is 0.184. The lowest BCUT2D eigenvalue weighted by atomic mass is 10.2. The third kappa shape index (κ3) is 3.04. The van der Waals surface area contributed by atoms with Crippen molar-refractivity contribution < 1.29 is 9.47 Å². The third-order valence-corrected chi connectivity index (χ3v) is 4.14. The van der Waals surface area contributed by atoms with Crippen molar-refractivity contribution in [2.45, 2.75) is 18.9 Å². The van der Waals surface area contributed by atoms with Crippen LogP contribution in [0.1, 0.15) is 18.4 Å². The van der Waals surface area contributed by atoms with Gasteiger partial charge in [-0.15, -0.1) is 0 Å². The number of halogens is 1. The fourth-order valence-corrected chi connectivity index (χ4v) is 3.18. The van der Waals surface area contributed by atoms with Gasteiger partial charge in [-0.2, -0.15) is 17.0 Å². The third-order valence-electron chi connectivity index (χ3n) is 2.81. The molecule has 0 bridgehead atoms. The summed E-state index contributed by atoms with van der Waals surface area (Å²) in [6, 6.07) is 5.31. The van der Waals surface area contributed by atoms with Gasteiger partial charge in [-0.25, -0.2) is 0 Å². The fraction of sp³-hybridized carbons (Fsp3) is 0.462. The van der Waals surface area contributed by atoms with Gasteiger partial charge in [-0.1, -0.05) is 11.6 Å². The first kappa shape index (κ1) is 13.4. The number of nitrogens with zero attached hydrogens (tertiary/aromatic N) is 1. The smallest absolute Gasteiger partial charge is 0.180 e.